The van der Waals surface area contributed by atoms with E-state index in [4.69, 9.17) is 22.1 Å². The molecule has 102 valence electrons. The van der Waals surface area contributed by atoms with Crippen LogP contribution in [0.15, 0.2) is 16.6 Å². The summed E-state index contributed by atoms with van der Waals surface area (Å²) in [5.74, 6) is 0.106. The maximum atomic E-state index is 13.4. The van der Waals surface area contributed by atoms with Gasteiger partial charge in [0.05, 0.1) is 15.2 Å². The van der Waals surface area contributed by atoms with Gasteiger partial charge in [0, 0.05) is 13.1 Å². The third-order valence-corrected chi connectivity index (χ3v) is 3.53. The van der Waals surface area contributed by atoms with Crippen LogP contribution in [0.5, 0.6) is 11.6 Å². The molecule has 19 heavy (non-hydrogen) atoms. The van der Waals surface area contributed by atoms with E-state index in [1.165, 1.54) is 16.8 Å². The third kappa shape index (κ3) is 2.69. The lowest BCUT2D eigenvalue weighted by molar-refractivity contribution is 0.426. The summed E-state index contributed by atoms with van der Waals surface area (Å²) in [4.78, 5) is 0. The van der Waals surface area contributed by atoms with Crippen molar-refractivity contribution in [1.82, 2.24) is 9.78 Å². The maximum Gasteiger partial charge on any atom is 0.241 e. The molecular formula is C12H12BrClFN3O. The van der Waals surface area contributed by atoms with Crippen LogP contribution in [-0.2, 0) is 13.5 Å². The molecule has 0 aliphatic rings. The van der Waals surface area contributed by atoms with Crippen LogP contribution in [-0.4, -0.2) is 9.78 Å². The quantitative estimate of drug-likeness (QED) is 0.856. The molecule has 0 bridgehead atoms. The smallest absolute Gasteiger partial charge is 0.241 e. The number of hydrogen-bond acceptors (Lipinski definition) is 3. The average molecular weight is 349 g/mol. The number of nitrogen functional groups attached to an aromatic ring is 1. The average Bonchev–Trinajstić information content (AvgIpc) is 2.63. The van der Waals surface area contributed by atoms with Crippen LogP contribution in [0.1, 0.15) is 12.6 Å². The van der Waals surface area contributed by atoms with Crippen molar-refractivity contribution < 1.29 is 9.13 Å². The molecule has 0 amide bonds. The zero-order valence-corrected chi connectivity index (χ0v) is 12.7. The largest absolute Gasteiger partial charge is 0.436 e. The van der Waals surface area contributed by atoms with Crippen molar-refractivity contribution in [3.63, 3.8) is 0 Å². The van der Waals surface area contributed by atoms with Crippen molar-refractivity contribution in [1.29, 1.82) is 0 Å². The van der Waals surface area contributed by atoms with Crippen molar-refractivity contribution in [2.24, 2.45) is 7.05 Å². The minimum absolute atomic E-state index is 0.0199. The van der Waals surface area contributed by atoms with E-state index in [2.05, 4.69) is 21.0 Å². The van der Waals surface area contributed by atoms with Gasteiger partial charge in [0.15, 0.2) is 0 Å². The Labute approximate surface area is 123 Å². The summed E-state index contributed by atoms with van der Waals surface area (Å²) in [7, 11) is 1.71. The molecule has 0 atom stereocenters. The van der Waals surface area contributed by atoms with Gasteiger partial charge in [-0.2, -0.15) is 5.10 Å². The Balaban J connectivity index is 2.42. The number of nitrogens with zero attached hydrogens (tertiary/aromatic N) is 2. The Bertz CT molecular complexity index is 630. The lowest BCUT2D eigenvalue weighted by atomic mass is 10.3. The fourth-order valence-electron chi connectivity index (χ4n) is 1.65. The van der Waals surface area contributed by atoms with Crippen LogP contribution in [0, 0.1) is 5.82 Å². The molecule has 0 saturated heterocycles. The lowest BCUT2D eigenvalue weighted by Crippen LogP contribution is -1.98. The fourth-order valence-corrected chi connectivity index (χ4v) is 2.37. The zero-order chi connectivity index (χ0) is 14.2. The van der Waals surface area contributed by atoms with E-state index in [1.807, 2.05) is 6.92 Å². The van der Waals surface area contributed by atoms with Crippen LogP contribution in [0.2, 0.25) is 5.02 Å². The molecule has 0 spiro atoms. The van der Waals surface area contributed by atoms with Crippen LogP contribution in [0.4, 0.5) is 10.1 Å². The van der Waals surface area contributed by atoms with Gasteiger partial charge in [0.1, 0.15) is 17.3 Å². The highest BCUT2D eigenvalue weighted by Crippen LogP contribution is 2.36. The number of benzene rings is 1. The number of aromatic nitrogens is 2. The Morgan fingerprint density at radius 3 is 2.79 bits per heavy atom. The van der Waals surface area contributed by atoms with E-state index in [9.17, 15) is 4.39 Å². The number of ether oxygens (including phenoxy) is 1. The molecule has 0 saturated carbocycles. The standard InChI is InChI=1S/C12H12BrClFN3O/c1-3-9-11(16)12(18(2)17-9)19-10-5-8(15)7(14)4-6(10)13/h4-5H,3,16H2,1-2H3. The summed E-state index contributed by atoms with van der Waals surface area (Å²) >= 11 is 8.94. The number of aryl methyl sites for hydroxylation is 2. The Kier molecular flexibility index (Phi) is 4.01. The predicted octanol–water partition coefficient (Wildman–Crippen LogP) is 3.91. The summed E-state index contributed by atoms with van der Waals surface area (Å²) < 4.78 is 21.1. The van der Waals surface area contributed by atoms with Gasteiger partial charge in [-0.25, -0.2) is 9.07 Å². The Morgan fingerprint density at radius 2 is 2.21 bits per heavy atom. The molecule has 1 heterocycles. The first-order valence-corrected chi connectivity index (χ1v) is 6.74. The van der Waals surface area contributed by atoms with Crippen molar-refractivity contribution >= 4 is 33.2 Å². The van der Waals surface area contributed by atoms with Gasteiger partial charge in [-0.05, 0) is 28.4 Å². The molecule has 2 aromatic rings. The minimum atomic E-state index is -0.559. The lowest BCUT2D eigenvalue weighted by Gasteiger charge is -2.09. The summed E-state index contributed by atoms with van der Waals surface area (Å²) in [5, 5.41) is 4.25. The van der Waals surface area contributed by atoms with E-state index in [1.54, 1.807) is 7.05 Å². The van der Waals surface area contributed by atoms with Crippen LogP contribution in [0.25, 0.3) is 0 Å². The van der Waals surface area contributed by atoms with Crippen molar-refractivity contribution in [2.45, 2.75) is 13.3 Å². The van der Waals surface area contributed by atoms with Gasteiger partial charge in [-0.1, -0.05) is 18.5 Å². The first-order valence-electron chi connectivity index (χ1n) is 5.57. The molecule has 0 aliphatic carbocycles. The van der Waals surface area contributed by atoms with Crippen molar-refractivity contribution in [2.75, 3.05) is 5.73 Å². The first kappa shape index (κ1) is 14.1. The van der Waals surface area contributed by atoms with Crippen molar-refractivity contribution in [3.8, 4) is 11.6 Å². The monoisotopic (exact) mass is 347 g/mol. The molecule has 0 unspecified atom stereocenters. The van der Waals surface area contributed by atoms with Gasteiger partial charge in [-0.15, -0.1) is 0 Å². The molecule has 2 rings (SSSR count). The summed E-state index contributed by atoms with van der Waals surface area (Å²) in [6.07, 6.45) is 0.694. The van der Waals surface area contributed by atoms with Crippen molar-refractivity contribution in [3.05, 3.63) is 33.1 Å². The number of halogens is 3. The molecule has 0 radical (unpaired) electrons. The molecule has 2 N–H and O–H groups in total. The Morgan fingerprint density at radius 1 is 1.53 bits per heavy atom. The normalized spacial score (nSPS) is 10.8. The van der Waals surface area contributed by atoms with Gasteiger partial charge in [-0.3, -0.25) is 0 Å². The molecule has 1 aromatic carbocycles. The molecule has 4 nitrogen and oxygen atoms in total. The molecule has 7 heteroatoms. The number of nitrogens with two attached hydrogens (primary N) is 1. The number of anilines is 1. The molecule has 0 fully saturated rings. The van der Waals surface area contributed by atoms with Gasteiger partial charge in [0.25, 0.3) is 0 Å². The molecule has 0 aliphatic heterocycles. The fraction of sp³-hybridized carbons (Fsp3) is 0.250. The molecule has 1 aromatic heterocycles. The van der Waals surface area contributed by atoms with Gasteiger partial charge >= 0.3 is 0 Å². The Hall–Kier alpha value is -1.27. The van der Waals surface area contributed by atoms with Gasteiger partial charge < -0.3 is 10.5 Å². The first-order chi connectivity index (χ1) is 8.93. The van der Waals surface area contributed by atoms with Crippen LogP contribution >= 0.6 is 27.5 Å². The SMILES string of the molecule is CCc1nn(C)c(Oc2cc(F)c(Cl)cc2Br)c1N. The second kappa shape index (κ2) is 5.38. The van der Waals surface area contributed by atoms with E-state index in [-0.39, 0.29) is 5.02 Å². The molecular weight excluding hydrogens is 337 g/mol. The minimum Gasteiger partial charge on any atom is -0.436 e. The summed E-state index contributed by atoms with van der Waals surface area (Å²) in [6, 6.07) is 2.63. The summed E-state index contributed by atoms with van der Waals surface area (Å²) in [6.45, 7) is 1.94. The highest BCUT2D eigenvalue weighted by Gasteiger charge is 2.16. The maximum absolute atomic E-state index is 13.4. The number of hydrogen-bond donors (Lipinski definition) is 1. The van der Waals surface area contributed by atoms with E-state index in [0.29, 0.717) is 28.2 Å². The van der Waals surface area contributed by atoms with E-state index < -0.39 is 5.82 Å². The van der Waals surface area contributed by atoms with Crippen LogP contribution in [0.3, 0.4) is 0 Å². The zero-order valence-electron chi connectivity index (χ0n) is 10.4. The highest BCUT2D eigenvalue weighted by atomic mass is 79.9. The second-order valence-electron chi connectivity index (χ2n) is 3.94. The number of rotatable bonds is 3. The van der Waals surface area contributed by atoms with E-state index >= 15 is 0 Å². The second-order valence-corrected chi connectivity index (χ2v) is 5.20. The van der Waals surface area contributed by atoms with Gasteiger partial charge in [0.2, 0.25) is 5.88 Å². The van der Waals surface area contributed by atoms with Crippen LogP contribution < -0.4 is 10.5 Å². The topological polar surface area (TPSA) is 53.1 Å². The highest BCUT2D eigenvalue weighted by molar-refractivity contribution is 9.10. The summed E-state index contributed by atoms with van der Waals surface area (Å²) in [5.41, 5.74) is 7.13. The predicted molar refractivity (Wildman–Crippen MR) is 76.2 cm³/mol. The third-order valence-electron chi connectivity index (χ3n) is 2.62. The van der Waals surface area contributed by atoms with E-state index in [0.717, 1.165) is 5.69 Å².